The minimum atomic E-state index is -0.989. The second-order valence-corrected chi connectivity index (χ2v) is 8.92. The maximum atomic E-state index is 11.9. The van der Waals surface area contributed by atoms with E-state index < -0.39 is 5.97 Å². The van der Waals surface area contributed by atoms with Gasteiger partial charge in [-0.1, -0.05) is 47.7 Å². The van der Waals surface area contributed by atoms with Crippen molar-refractivity contribution in [1.29, 1.82) is 0 Å². The highest BCUT2D eigenvalue weighted by molar-refractivity contribution is 5.90. The van der Waals surface area contributed by atoms with Crippen LogP contribution >= 0.6 is 0 Å². The number of para-hydroxylation sites is 1. The zero-order valence-corrected chi connectivity index (χ0v) is 19.0. The quantitative estimate of drug-likeness (QED) is 0.356. The lowest BCUT2D eigenvalue weighted by Gasteiger charge is -2.23. The van der Waals surface area contributed by atoms with Crippen LogP contribution in [0.15, 0.2) is 83.4 Å². The molecule has 1 fully saturated rings. The molecule has 5 aromatic rings. The number of aromatic carboxylic acids is 1. The first-order valence-electron chi connectivity index (χ1n) is 11.8. The number of carboxylic acid groups (broad SMARTS) is 1. The molecular weight excluding hydrogens is 440 g/mol. The number of benzene rings is 3. The summed E-state index contributed by atoms with van der Waals surface area (Å²) in [5.41, 5.74) is 5.28. The van der Waals surface area contributed by atoms with Gasteiger partial charge in [-0.25, -0.2) is 9.48 Å². The van der Waals surface area contributed by atoms with Crippen LogP contribution in [0.1, 0.15) is 34.7 Å². The second-order valence-electron chi connectivity index (χ2n) is 8.92. The van der Waals surface area contributed by atoms with Crippen LogP contribution in [0.2, 0.25) is 0 Å². The first kappa shape index (κ1) is 21.3. The standard InChI is InChI=1S/C28H24N4O3/c33-28(34)23-13-22(19-7-5-18(6-8-19)20-9-11-29-12-10-20)14-24(15-23)32-17-25(30-31-32)27-16-21-3-1-2-4-26(21)35-27/h1-8,13-17,20,29H,9-12H2,(H,33,34). The van der Waals surface area contributed by atoms with Crippen molar-refractivity contribution in [2.75, 3.05) is 13.1 Å². The van der Waals surface area contributed by atoms with E-state index in [0.29, 0.717) is 23.1 Å². The first-order chi connectivity index (χ1) is 17.1. The van der Waals surface area contributed by atoms with Gasteiger partial charge in [0.1, 0.15) is 11.3 Å². The van der Waals surface area contributed by atoms with Gasteiger partial charge in [-0.2, -0.15) is 0 Å². The molecule has 2 N–H and O–H groups in total. The number of nitrogens with zero attached hydrogens (tertiary/aromatic N) is 3. The molecule has 7 nitrogen and oxygen atoms in total. The third kappa shape index (κ3) is 4.22. The Balaban J connectivity index is 1.34. The molecule has 0 atom stereocenters. The zero-order valence-electron chi connectivity index (χ0n) is 19.0. The van der Waals surface area contributed by atoms with Crippen LogP contribution in [-0.2, 0) is 0 Å². The normalized spacial score (nSPS) is 14.4. The molecule has 6 rings (SSSR count). The van der Waals surface area contributed by atoms with Gasteiger partial charge < -0.3 is 14.8 Å². The fourth-order valence-electron chi connectivity index (χ4n) is 4.75. The Morgan fingerprint density at radius 3 is 2.54 bits per heavy atom. The highest BCUT2D eigenvalue weighted by Crippen LogP contribution is 2.30. The van der Waals surface area contributed by atoms with E-state index in [9.17, 15) is 9.90 Å². The van der Waals surface area contributed by atoms with Crippen molar-refractivity contribution in [3.63, 3.8) is 0 Å². The number of nitrogens with one attached hydrogen (secondary N) is 1. The Labute approximate surface area is 202 Å². The van der Waals surface area contributed by atoms with Crippen LogP contribution in [-0.4, -0.2) is 39.2 Å². The average Bonchev–Trinajstić information content (AvgIpc) is 3.57. The van der Waals surface area contributed by atoms with Crippen molar-refractivity contribution in [1.82, 2.24) is 20.3 Å². The van der Waals surface area contributed by atoms with Crippen LogP contribution in [0, 0.1) is 0 Å². The monoisotopic (exact) mass is 464 g/mol. The van der Waals surface area contributed by atoms with E-state index >= 15 is 0 Å². The average molecular weight is 465 g/mol. The second kappa shape index (κ2) is 8.85. The van der Waals surface area contributed by atoms with Gasteiger partial charge in [0.05, 0.1) is 17.4 Å². The highest BCUT2D eigenvalue weighted by atomic mass is 16.4. The van der Waals surface area contributed by atoms with Crippen LogP contribution in [0.4, 0.5) is 0 Å². The van der Waals surface area contributed by atoms with Gasteiger partial charge in [0.25, 0.3) is 0 Å². The zero-order chi connectivity index (χ0) is 23.8. The Kier molecular flexibility index (Phi) is 5.39. The summed E-state index contributed by atoms with van der Waals surface area (Å²) in [6.45, 7) is 2.09. The number of carboxylic acids is 1. The van der Waals surface area contributed by atoms with Gasteiger partial charge >= 0.3 is 5.97 Å². The molecule has 2 aromatic heterocycles. The topological polar surface area (TPSA) is 93.2 Å². The van der Waals surface area contributed by atoms with Crippen LogP contribution in [0.3, 0.4) is 0 Å². The van der Waals surface area contributed by atoms with Crippen molar-refractivity contribution in [3.8, 4) is 28.3 Å². The van der Waals surface area contributed by atoms with E-state index in [1.807, 2.05) is 36.4 Å². The van der Waals surface area contributed by atoms with Gasteiger partial charge in [0, 0.05) is 5.39 Å². The van der Waals surface area contributed by atoms with E-state index in [2.05, 4.69) is 39.9 Å². The molecule has 0 amide bonds. The minimum Gasteiger partial charge on any atom is -0.478 e. The Morgan fingerprint density at radius 1 is 0.971 bits per heavy atom. The van der Waals surface area contributed by atoms with Gasteiger partial charge in [-0.3, -0.25) is 0 Å². The number of hydrogen-bond acceptors (Lipinski definition) is 5. The number of aromatic nitrogens is 3. The Morgan fingerprint density at radius 2 is 1.77 bits per heavy atom. The number of piperidine rings is 1. The molecule has 1 aliphatic rings. The number of carbonyl (C=O) groups is 1. The number of furan rings is 1. The molecule has 0 bridgehead atoms. The predicted octanol–water partition coefficient (Wildman–Crippen LogP) is 5.51. The molecule has 7 heteroatoms. The molecule has 1 saturated heterocycles. The number of hydrogen-bond donors (Lipinski definition) is 2. The lowest BCUT2D eigenvalue weighted by atomic mass is 9.89. The van der Waals surface area contributed by atoms with E-state index in [0.717, 1.165) is 48.0 Å². The van der Waals surface area contributed by atoms with Gasteiger partial charge in [0.2, 0.25) is 0 Å². The van der Waals surface area contributed by atoms with E-state index in [1.54, 1.807) is 23.0 Å². The van der Waals surface area contributed by atoms with Crippen molar-refractivity contribution >= 4 is 16.9 Å². The minimum absolute atomic E-state index is 0.195. The van der Waals surface area contributed by atoms with Crippen molar-refractivity contribution in [2.24, 2.45) is 0 Å². The van der Waals surface area contributed by atoms with Crippen LogP contribution in [0.25, 0.3) is 39.2 Å². The molecule has 3 aromatic carbocycles. The maximum Gasteiger partial charge on any atom is 0.335 e. The van der Waals surface area contributed by atoms with Crippen LogP contribution < -0.4 is 5.32 Å². The smallest absolute Gasteiger partial charge is 0.335 e. The molecule has 1 aliphatic heterocycles. The van der Waals surface area contributed by atoms with Gasteiger partial charge in [0.15, 0.2) is 5.76 Å². The number of rotatable bonds is 5. The third-order valence-electron chi connectivity index (χ3n) is 6.66. The summed E-state index contributed by atoms with van der Waals surface area (Å²) in [5, 5.41) is 22.6. The molecule has 0 spiro atoms. The molecule has 0 saturated carbocycles. The fourth-order valence-corrected chi connectivity index (χ4v) is 4.75. The summed E-state index contributed by atoms with van der Waals surface area (Å²) in [6.07, 6.45) is 4.03. The third-order valence-corrected chi connectivity index (χ3v) is 6.66. The van der Waals surface area contributed by atoms with E-state index in [-0.39, 0.29) is 5.56 Å². The molecule has 174 valence electrons. The Hall–Kier alpha value is -4.23. The largest absolute Gasteiger partial charge is 0.478 e. The Bertz CT molecular complexity index is 1480. The molecule has 0 aliphatic carbocycles. The molecule has 0 unspecified atom stereocenters. The summed E-state index contributed by atoms with van der Waals surface area (Å²) < 4.78 is 7.49. The number of fused-ring (bicyclic) bond motifs is 1. The van der Waals surface area contributed by atoms with E-state index in [1.165, 1.54) is 5.56 Å². The molecule has 3 heterocycles. The lowest BCUT2D eigenvalue weighted by Crippen LogP contribution is -2.26. The fraction of sp³-hybridized carbons (Fsp3) is 0.179. The summed E-state index contributed by atoms with van der Waals surface area (Å²) in [5.74, 6) is 0.190. The molecular formula is C28H24N4O3. The summed E-state index contributed by atoms with van der Waals surface area (Å²) in [6, 6.07) is 23.4. The maximum absolute atomic E-state index is 11.9. The first-order valence-corrected chi connectivity index (χ1v) is 11.8. The lowest BCUT2D eigenvalue weighted by molar-refractivity contribution is 0.0697. The summed E-state index contributed by atoms with van der Waals surface area (Å²) >= 11 is 0. The predicted molar refractivity (Wildman–Crippen MR) is 134 cm³/mol. The van der Waals surface area contributed by atoms with Crippen molar-refractivity contribution in [3.05, 3.63) is 90.1 Å². The highest BCUT2D eigenvalue weighted by Gasteiger charge is 2.17. The van der Waals surface area contributed by atoms with Crippen molar-refractivity contribution < 1.29 is 14.3 Å². The molecule has 35 heavy (non-hydrogen) atoms. The molecule has 0 radical (unpaired) electrons. The summed E-state index contributed by atoms with van der Waals surface area (Å²) in [4.78, 5) is 11.9. The summed E-state index contributed by atoms with van der Waals surface area (Å²) in [7, 11) is 0. The SMILES string of the molecule is O=C(O)c1cc(-c2ccc(C3CCNCC3)cc2)cc(-n2cc(-c3cc4ccccc4o3)nn2)c1. The van der Waals surface area contributed by atoms with Crippen molar-refractivity contribution in [2.45, 2.75) is 18.8 Å². The van der Waals surface area contributed by atoms with Crippen LogP contribution in [0.5, 0.6) is 0 Å². The van der Waals surface area contributed by atoms with E-state index in [4.69, 9.17) is 4.42 Å². The van der Waals surface area contributed by atoms with Gasteiger partial charge in [-0.15, -0.1) is 5.10 Å². The van der Waals surface area contributed by atoms with Gasteiger partial charge in [-0.05, 0) is 78.9 Å².